The van der Waals surface area contributed by atoms with Gasteiger partial charge in [0.2, 0.25) is 0 Å². The van der Waals surface area contributed by atoms with Crippen LogP contribution in [0.2, 0.25) is 0 Å². The molecule has 0 saturated heterocycles. The van der Waals surface area contributed by atoms with Gasteiger partial charge >= 0.3 is 0 Å². The molecule has 1 N–H and O–H groups in total. The maximum absolute atomic E-state index is 10.8. The Kier molecular flexibility index (Phi) is 8.37. The molecule has 0 fully saturated rings. The fourth-order valence-electron chi connectivity index (χ4n) is 1.50. The van der Waals surface area contributed by atoms with Gasteiger partial charge in [0.1, 0.15) is 18.3 Å². The SMILES string of the molecule is CCCO[C@H]([C@@H](OC)[C@H](C)O)[C@H](C=O)OC. The molecule has 0 spiro atoms. The Labute approximate surface area is 96.7 Å². The van der Waals surface area contributed by atoms with Gasteiger partial charge in [-0.05, 0) is 13.3 Å². The lowest BCUT2D eigenvalue weighted by atomic mass is 10.0. The zero-order chi connectivity index (χ0) is 12.6. The van der Waals surface area contributed by atoms with Gasteiger partial charge in [-0.25, -0.2) is 0 Å². The average Bonchev–Trinajstić information content (AvgIpc) is 2.27. The molecule has 0 radical (unpaired) electrons. The van der Waals surface area contributed by atoms with E-state index in [-0.39, 0.29) is 0 Å². The summed E-state index contributed by atoms with van der Waals surface area (Å²) >= 11 is 0. The summed E-state index contributed by atoms with van der Waals surface area (Å²) in [4.78, 5) is 10.8. The van der Waals surface area contributed by atoms with Crippen LogP contribution in [0.3, 0.4) is 0 Å². The Morgan fingerprint density at radius 3 is 2.19 bits per heavy atom. The Morgan fingerprint density at radius 2 is 1.88 bits per heavy atom. The molecule has 16 heavy (non-hydrogen) atoms. The second-order valence-corrected chi connectivity index (χ2v) is 3.61. The van der Waals surface area contributed by atoms with E-state index in [1.54, 1.807) is 6.92 Å². The van der Waals surface area contributed by atoms with E-state index < -0.39 is 24.4 Å². The van der Waals surface area contributed by atoms with Crippen molar-refractivity contribution in [1.82, 2.24) is 0 Å². The van der Waals surface area contributed by atoms with E-state index in [1.165, 1.54) is 14.2 Å². The molecule has 0 aliphatic carbocycles. The highest BCUT2D eigenvalue weighted by Crippen LogP contribution is 2.14. The van der Waals surface area contributed by atoms with E-state index in [2.05, 4.69) is 0 Å². The number of hydrogen-bond donors (Lipinski definition) is 1. The number of carbonyl (C=O) groups excluding carboxylic acids is 1. The van der Waals surface area contributed by atoms with Crippen molar-refractivity contribution in [3.63, 3.8) is 0 Å². The molecular formula is C11H22O5. The second kappa shape index (κ2) is 8.64. The van der Waals surface area contributed by atoms with Gasteiger partial charge in [0.15, 0.2) is 6.29 Å². The predicted molar refractivity (Wildman–Crippen MR) is 59.4 cm³/mol. The molecule has 4 atom stereocenters. The summed E-state index contributed by atoms with van der Waals surface area (Å²) in [5.74, 6) is 0. The highest BCUT2D eigenvalue weighted by atomic mass is 16.6. The van der Waals surface area contributed by atoms with Crippen molar-refractivity contribution in [2.75, 3.05) is 20.8 Å². The minimum atomic E-state index is -0.732. The lowest BCUT2D eigenvalue weighted by molar-refractivity contribution is -0.156. The van der Waals surface area contributed by atoms with E-state index in [4.69, 9.17) is 14.2 Å². The van der Waals surface area contributed by atoms with Gasteiger partial charge in [0.25, 0.3) is 0 Å². The molecule has 0 aliphatic rings. The van der Waals surface area contributed by atoms with Crippen LogP contribution < -0.4 is 0 Å². The molecule has 0 aromatic rings. The molecule has 5 heteroatoms. The number of methoxy groups -OCH3 is 2. The standard InChI is InChI=1S/C11H22O5/c1-5-6-16-11(9(7-12)14-3)10(15-4)8(2)13/h7-11,13H,5-6H2,1-4H3/t8-,9-,10-,11-/m0/s1. The smallest absolute Gasteiger partial charge is 0.151 e. The maximum atomic E-state index is 10.8. The lowest BCUT2D eigenvalue weighted by Crippen LogP contribution is -2.47. The molecule has 0 aliphatic heterocycles. The van der Waals surface area contributed by atoms with Gasteiger partial charge < -0.3 is 24.1 Å². The number of hydrogen-bond acceptors (Lipinski definition) is 5. The van der Waals surface area contributed by atoms with Crippen LogP contribution in [0.25, 0.3) is 0 Å². The van der Waals surface area contributed by atoms with E-state index in [9.17, 15) is 9.90 Å². The first-order valence-corrected chi connectivity index (χ1v) is 5.42. The molecular weight excluding hydrogens is 212 g/mol. The van der Waals surface area contributed by atoms with Gasteiger partial charge in [-0.15, -0.1) is 0 Å². The molecule has 0 unspecified atom stereocenters. The van der Waals surface area contributed by atoms with Crippen LogP contribution in [0.1, 0.15) is 20.3 Å². The van der Waals surface area contributed by atoms with Crippen molar-refractivity contribution in [3.05, 3.63) is 0 Å². The van der Waals surface area contributed by atoms with Crippen LogP contribution >= 0.6 is 0 Å². The van der Waals surface area contributed by atoms with E-state index in [0.717, 1.165) is 6.42 Å². The fraction of sp³-hybridized carbons (Fsp3) is 0.909. The Morgan fingerprint density at radius 1 is 1.25 bits per heavy atom. The minimum absolute atomic E-state index is 0.491. The van der Waals surface area contributed by atoms with Crippen molar-refractivity contribution < 1.29 is 24.1 Å². The Hall–Kier alpha value is -0.490. The third-order valence-corrected chi connectivity index (χ3v) is 2.32. The number of aliphatic hydroxyl groups excluding tert-OH is 1. The zero-order valence-electron chi connectivity index (χ0n) is 10.4. The summed E-state index contributed by atoms with van der Waals surface area (Å²) in [5, 5.41) is 9.55. The molecule has 0 rings (SSSR count). The number of aliphatic hydroxyl groups is 1. The van der Waals surface area contributed by atoms with Crippen LogP contribution in [0.15, 0.2) is 0 Å². The van der Waals surface area contributed by atoms with Gasteiger partial charge in [-0.3, -0.25) is 0 Å². The third kappa shape index (κ3) is 4.57. The minimum Gasteiger partial charge on any atom is -0.391 e. The molecule has 5 nitrogen and oxygen atoms in total. The van der Waals surface area contributed by atoms with Crippen LogP contribution in [0, 0.1) is 0 Å². The third-order valence-electron chi connectivity index (χ3n) is 2.32. The molecule has 0 aromatic carbocycles. The second-order valence-electron chi connectivity index (χ2n) is 3.61. The molecule has 0 aromatic heterocycles. The molecule has 0 heterocycles. The van der Waals surface area contributed by atoms with Crippen LogP contribution in [-0.4, -0.2) is 56.6 Å². The first-order chi connectivity index (χ1) is 7.62. The Balaban J connectivity index is 4.66. The van der Waals surface area contributed by atoms with Gasteiger partial charge in [0, 0.05) is 20.8 Å². The average molecular weight is 234 g/mol. The lowest BCUT2D eigenvalue weighted by Gasteiger charge is -2.31. The predicted octanol–water partition coefficient (Wildman–Crippen LogP) is 0.391. The summed E-state index contributed by atoms with van der Waals surface area (Å²) in [6.45, 7) is 4.04. The number of aldehydes is 1. The van der Waals surface area contributed by atoms with Crippen molar-refractivity contribution >= 4 is 6.29 Å². The molecule has 96 valence electrons. The number of rotatable bonds is 9. The number of ether oxygens (including phenoxy) is 3. The monoisotopic (exact) mass is 234 g/mol. The summed E-state index contributed by atoms with van der Waals surface area (Å²) in [7, 11) is 2.90. The first-order valence-electron chi connectivity index (χ1n) is 5.42. The summed E-state index contributed by atoms with van der Waals surface area (Å²) in [6.07, 6.45) is -1.15. The van der Waals surface area contributed by atoms with Crippen molar-refractivity contribution in [3.8, 4) is 0 Å². The number of carbonyl (C=O) groups is 1. The summed E-state index contributed by atoms with van der Waals surface area (Å²) in [5.41, 5.74) is 0. The van der Waals surface area contributed by atoms with Crippen molar-refractivity contribution in [2.45, 2.75) is 44.7 Å². The Bertz CT molecular complexity index is 183. The molecule has 0 amide bonds. The largest absolute Gasteiger partial charge is 0.391 e. The zero-order valence-corrected chi connectivity index (χ0v) is 10.4. The first kappa shape index (κ1) is 15.5. The van der Waals surface area contributed by atoms with Crippen LogP contribution in [0.5, 0.6) is 0 Å². The van der Waals surface area contributed by atoms with Crippen LogP contribution in [-0.2, 0) is 19.0 Å². The highest BCUT2D eigenvalue weighted by Gasteiger charge is 2.33. The van der Waals surface area contributed by atoms with E-state index in [0.29, 0.717) is 12.9 Å². The molecule has 0 saturated carbocycles. The van der Waals surface area contributed by atoms with Gasteiger partial charge in [0.05, 0.1) is 6.10 Å². The molecule has 0 bridgehead atoms. The van der Waals surface area contributed by atoms with Crippen LogP contribution in [0.4, 0.5) is 0 Å². The van der Waals surface area contributed by atoms with E-state index >= 15 is 0 Å². The quantitative estimate of drug-likeness (QED) is 0.585. The fourth-order valence-corrected chi connectivity index (χ4v) is 1.50. The topological polar surface area (TPSA) is 65.0 Å². The van der Waals surface area contributed by atoms with Crippen molar-refractivity contribution in [2.24, 2.45) is 0 Å². The summed E-state index contributed by atoms with van der Waals surface area (Å²) in [6, 6.07) is 0. The summed E-state index contributed by atoms with van der Waals surface area (Å²) < 4.78 is 15.7. The highest BCUT2D eigenvalue weighted by molar-refractivity contribution is 5.57. The van der Waals surface area contributed by atoms with E-state index in [1.807, 2.05) is 6.92 Å². The van der Waals surface area contributed by atoms with Crippen molar-refractivity contribution in [1.29, 1.82) is 0 Å². The normalized spacial score (nSPS) is 18.8. The maximum Gasteiger partial charge on any atom is 0.151 e. The van der Waals surface area contributed by atoms with Gasteiger partial charge in [-0.1, -0.05) is 6.92 Å². The van der Waals surface area contributed by atoms with Gasteiger partial charge in [-0.2, -0.15) is 0 Å².